The van der Waals surface area contributed by atoms with Gasteiger partial charge in [0, 0.05) is 7.05 Å². The van der Waals surface area contributed by atoms with Gasteiger partial charge in [-0.2, -0.15) is 0 Å². The molecule has 0 bridgehead atoms. The maximum Gasteiger partial charge on any atom is 0.327 e. The number of thiazole rings is 1. The van der Waals surface area contributed by atoms with Gasteiger partial charge in [-0.25, -0.2) is 9.78 Å². The van der Waals surface area contributed by atoms with Crippen LogP contribution in [-0.4, -0.2) is 52.8 Å². The van der Waals surface area contributed by atoms with Crippen molar-refractivity contribution in [3.63, 3.8) is 0 Å². The van der Waals surface area contributed by atoms with E-state index in [9.17, 15) is 14.4 Å². The Bertz CT molecular complexity index is 892. The summed E-state index contributed by atoms with van der Waals surface area (Å²) in [6.45, 7) is -0.280. The van der Waals surface area contributed by atoms with Gasteiger partial charge >= 0.3 is 6.03 Å². The number of anilines is 1. The fourth-order valence-corrected chi connectivity index (χ4v) is 4.21. The van der Waals surface area contributed by atoms with Crippen molar-refractivity contribution in [2.75, 3.05) is 25.5 Å². The van der Waals surface area contributed by atoms with E-state index < -0.39 is 11.9 Å². The summed E-state index contributed by atoms with van der Waals surface area (Å²) in [5, 5.41) is 3.22. The average molecular weight is 356 g/mol. The van der Waals surface area contributed by atoms with Crippen molar-refractivity contribution >= 4 is 34.3 Å². The summed E-state index contributed by atoms with van der Waals surface area (Å²) in [6.07, 6.45) is 1.77. The smallest absolute Gasteiger partial charge is 0.318 e. The zero-order valence-electron chi connectivity index (χ0n) is 13.6. The van der Waals surface area contributed by atoms with E-state index in [2.05, 4.69) is 22.4 Å². The van der Waals surface area contributed by atoms with E-state index in [-0.39, 0.29) is 19.0 Å². The number of carbonyl (C=O) groups excluding carboxylic acids is 3. The SMILES string of the molecule is CN1CC(=O)N(CC(=O)Nc2nc3c(s2)-c2ccccc2CC3)C1=O. The first-order valence-corrected chi connectivity index (χ1v) is 8.78. The van der Waals surface area contributed by atoms with Crippen LogP contribution in [0.4, 0.5) is 9.93 Å². The van der Waals surface area contributed by atoms with E-state index in [4.69, 9.17) is 0 Å². The highest BCUT2D eigenvalue weighted by molar-refractivity contribution is 7.19. The molecule has 0 atom stereocenters. The average Bonchev–Trinajstić information content (AvgIpc) is 3.10. The Balaban J connectivity index is 1.50. The molecule has 8 heteroatoms. The number of hydrogen-bond donors (Lipinski definition) is 1. The molecule has 1 aromatic carbocycles. The summed E-state index contributed by atoms with van der Waals surface area (Å²) in [7, 11) is 1.53. The summed E-state index contributed by atoms with van der Waals surface area (Å²) in [5.41, 5.74) is 3.42. The molecule has 0 saturated carbocycles. The minimum atomic E-state index is -0.451. The largest absolute Gasteiger partial charge is 0.327 e. The number of nitrogens with one attached hydrogen (secondary N) is 1. The van der Waals surface area contributed by atoms with Crippen LogP contribution in [-0.2, 0) is 22.4 Å². The molecule has 1 fully saturated rings. The van der Waals surface area contributed by atoms with E-state index in [1.165, 1.54) is 28.8 Å². The van der Waals surface area contributed by atoms with Crippen molar-refractivity contribution in [2.24, 2.45) is 0 Å². The standard InChI is InChI=1S/C17H16N4O3S/c1-20-9-14(23)21(17(20)24)8-13(22)19-16-18-12-7-6-10-4-2-3-5-11(10)15(12)25-16/h2-5H,6-9H2,1H3,(H,18,19,22). The maximum atomic E-state index is 12.2. The number of aryl methyl sites for hydroxylation is 2. The Morgan fingerprint density at radius 3 is 2.84 bits per heavy atom. The molecule has 0 unspecified atom stereocenters. The number of fused-ring (bicyclic) bond motifs is 3. The normalized spacial score (nSPS) is 16.0. The Morgan fingerprint density at radius 2 is 2.08 bits per heavy atom. The number of carbonyl (C=O) groups is 3. The third kappa shape index (κ3) is 2.78. The summed E-state index contributed by atoms with van der Waals surface area (Å²) in [4.78, 5) is 43.6. The van der Waals surface area contributed by atoms with Crippen LogP contribution < -0.4 is 5.32 Å². The van der Waals surface area contributed by atoms with Gasteiger partial charge in [-0.3, -0.25) is 14.5 Å². The van der Waals surface area contributed by atoms with E-state index in [0.717, 1.165) is 33.9 Å². The molecule has 1 aromatic heterocycles. The second-order valence-corrected chi connectivity index (χ2v) is 7.12. The fourth-order valence-electron chi connectivity index (χ4n) is 3.12. The molecule has 4 amide bonds. The lowest BCUT2D eigenvalue weighted by Gasteiger charge is -2.13. The summed E-state index contributed by atoms with van der Waals surface area (Å²) in [6, 6.07) is 7.74. The van der Waals surface area contributed by atoms with Gasteiger partial charge < -0.3 is 10.2 Å². The monoisotopic (exact) mass is 356 g/mol. The van der Waals surface area contributed by atoms with Crippen molar-refractivity contribution in [1.29, 1.82) is 0 Å². The molecule has 0 spiro atoms. The molecular weight excluding hydrogens is 340 g/mol. The van der Waals surface area contributed by atoms with Gasteiger partial charge in [0.2, 0.25) is 5.91 Å². The van der Waals surface area contributed by atoms with Gasteiger partial charge in [-0.05, 0) is 24.0 Å². The van der Waals surface area contributed by atoms with Crippen LogP contribution in [0.3, 0.4) is 0 Å². The lowest BCUT2D eigenvalue weighted by molar-refractivity contribution is -0.129. The molecule has 7 nitrogen and oxygen atoms in total. The van der Waals surface area contributed by atoms with Crippen LogP contribution in [0.25, 0.3) is 10.4 Å². The maximum absolute atomic E-state index is 12.2. The van der Waals surface area contributed by atoms with E-state index >= 15 is 0 Å². The molecule has 4 rings (SSSR count). The van der Waals surface area contributed by atoms with Gasteiger partial charge in [0.05, 0.1) is 10.6 Å². The van der Waals surface area contributed by atoms with Crippen LogP contribution >= 0.6 is 11.3 Å². The molecule has 1 aliphatic carbocycles. The molecule has 2 aliphatic rings. The molecule has 25 heavy (non-hydrogen) atoms. The number of urea groups is 1. The Morgan fingerprint density at radius 1 is 1.28 bits per heavy atom. The topological polar surface area (TPSA) is 82.6 Å². The van der Waals surface area contributed by atoms with Crippen LogP contribution in [0.15, 0.2) is 24.3 Å². The lowest BCUT2D eigenvalue weighted by atomic mass is 9.94. The highest BCUT2D eigenvalue weighted by Crippen LogP contribution is 2.39. The van der Waals surface area contributed by atoms with Gasteiger partial charge in [-0.15, -0.1) is 0 Å². The predicted molar refractivity (Wildman–Crippen MR) is 93.3 cm³/mol. The number of benzene rings is 1. The quantitative estimate of drug-likeness (QED) is 0.849. The van der Waals surface area contributed by atoms with E-state index in [1.807, 2.05) is 12.1 Å². The molecule has 0 radical (unpaired) electrons. The molecule has 1 N–H and O–H groups in total. The highest BCUT2D eigenvalue weighted by atomic mass is 32.1. The highest BCUT2D eigenvalue weighted by Gasteiger charge is 2.35. The molecule has 2 heterocycles. The zero-order chi connectivity index (χ0) is 17.6. The van der Waals surface area contributed by atoms with Crippen molar-refractivity contribution < 1.29 is 14.4 Å². The third-order valence-electron chi connectivity index (χ3n) is 4.37. The molecular formula is C17H16N4O3S. The zero-order valence-corrected chi connectivity index (χ0v) is 14.4. The molecule has 2 aromatic rings. The van der Waals surface area contributed by atoms with E-state index in [0.29, 0.717) is 5.13 Å². The van der Waals surface area contributed by atoms with Crippen molar-refractivity contribution in [1.82, 2.24) is 14.8 Å². The number of hydrogen-bond acceptors (Lipinski definition) is 5. The lowest BCUT2D eigenvalue weighted by Crippen LogP contribution is -2.38. The molecule has 1 aliphatic heterocycles. The Labute approximate surface area is 148 Å². The second-order valence-electron chi connectivity index (χ2n) is 6.12. The van der Waals surface area contributed by atoms with Crippen molar-refractivity contribution in [3.8, 4) is 10.4 Å². The Hall–Kier alpha value is -2.74. The third-order valence-corrected chi connectivity index (χ3v) is 5.42. The van der Waals surface area contributed by atoms with Gasteiger partial charge in [0.1, 0.15) is 13.1 Å². The molecule has 128 valence electrons. The first kappa shape index (κ1) is 15.8. The van der Waals surface area contributed by atoms with Crippen LogP contribution in [0.2, 0.25) is 0 Å². The number of rotatable bonds is 3. The van der Waals surface area contributed by atoms with Crippen LogP contribution in [0.1, 0.15) is 11.3 Å². The first-order chi connectivity index (χ1) is 12.0. The number of aromatic nitrogens is 1. The predicted octanol–water partition coefficient (Wildman–Crippen LogP) is 1.74. The van der Waals surface area contributed by atoms with Gasteiger partial charge in [0.25, 0.3) is 5.91 Å². The fraction of sp³-hybridized carbons (Fsp3) is 0.294. The summed E-state index contributed by atoms with van der Waals surface area (Å²) >= 11 is 1.42. The first-order valence-electron chi connectivity index (χ1n) is 7.96. The summed E-state index contributed by atoms with van der Waals surface area (Å²) in [5.74, 6) is -0.786. The summed E-state index contributed by atoms with van der Waals surface area (Å²) < 4.78 is 0. The van der Waals surface area contributed by atoms with Crippen LogP contribution in [0.5, 0.6) is 0 Å². The Kier molecular flexibility index (Phi) is 3.76. The number of nitrogens with zero attached hydrogens (tertiary/aromatic N) is 3. The van der Waals surface area contributed by atoms with E-state index in [1.54, 1.807) is 0 Å². The minimum absolute atomic E-state index is 0.00838. The second kappa shape index (κ2) is 5.96. The van der Waals surface area contributed by atoms with Gasteiger partial charge in [-0.1, -0.05) is 35.6 Å². The van der Waals surface area contributed by atoms with Gasteiger partial charge in [0.15, 0.2) is 5.13 Å². The number of amides is 4. The van der Waals surface area contributed by atoms with Crippen molar-refractivity contribution in [3.05, 3.63) is 35.5 Å². The minimum Gasteiger partial charge on any atom is -0.318 e. The van der Waals surface area contributed by atoms with Crippen molar-refractivity contribution in [2.45, 2.75) is 12.8 Å². The number of imide groups is 1. The van der Waals surface area contributed by atoms with Crippen LogP contribution in [0, 0.1) is 0 Å². The molecule has 1 saturated heterocycles. The number of likely N-dealkylation sites (N-methyl/N-ethyl adjacent to an activating group) is 1.